The van der Waals surface area contributed by atoms with Gasteiger partial charge in [-0.15, -0.1) is 0 Å². The zero-order valence-corrected chi connectivity index (χ0v) is 13.9. The Balaban J connectivity index is 2.41. The highest BCUT2D eigenvalue weighted by atomic mass is 15.1. The molecule has 2 nitrogen and oxygen atoms in total. The lowest BCUT2D eigenvalue weighted by Gasteiger charge is -2.41. The van der Waals surface area contributed by atoms with Crippen molar-refractivity contribution in [3.8, 4) is 0 Å². The van der Waals surface area contributed by atoms with Crippen molar-refractivity contribution in [3.63, 3.8) is 0 Å². The minimum atomic E-state index is 0.423. The summed E-state index contributed by atoms with van der Waals surface area (Å²) in [5, 5.41) is 0. The summed E-state index contributed by atoms with van der Waals surface area (Å²) in [7, 11) is 2.27. The van der Waals surface area contributed by atoms with E-state index in [1.807, 2.05) is 0 Å². The van der Waals surface area contributed by atoms with Crippen molar-refractivity contribution in [2.24, 2.45) is 23.0 Å². The molecule has 114 valence electrons. The Morgan fingerprint density at radius 2 is 1.84 bits per heavy atom. The van der Waals surface area contributed by atoms with Crippen LogP contribution in [0.15, 0.2) is 0 Å². The number of nitrogens with zero attached hydrogens (tertiary/aromatic N) is 1. The van der Waals surface area contributed by atoms with Crippen molar-refractivity contribution < 1.29 is 0 Å². The third-order valence-electron chi connectivity index (χ3n) is 4.96. The van der Waals surface area contributed by atoms with Gasteiger partial charge < -0.3 is 10.6 Å². The molecule has 1 saturated carbocycles. The Bertz CT molecular complexity index is 244. The summed E-state index contributed by atoms with van der Waals surface area (Å²) in [6.07, 6.45) is 7.85. The second kappa shape index (κ2) is 7.64. The standard InChI is InChI=1S/C17H36N2/c1-6-7-8-11-19(5)13-14-12-15(17(2,3)4)9-10-16(14)18/h14-16H,6-13,18H2,1-5H3. The van der Waals surface area contributed by atoms with Gasteiger partial charge in [0.15, 0.2) is 0 Å². The molecule has 0 amide bonds. The lowest BCUT2D eigenvalue weighted by molar-refractivity contribution is 0.105. The average molecular weight is 268 g/mol. The zero-order valence-electron chi connectivity index (χ0n) is 13.9. The van der Waals surface area contributed by atoms with E-state index in [2.05, 4.69) is 39.6 Å². The van der Waals surface area contributed by atoms with Crippen LogP contribution in [0.5, 0.6) is 0 Å². The molecule has 0 aliphatic heterocycles. The van der Waals surface area contributed by atoms with E-state index in [1.165, 1.54) is 51.6 Å². The molecule has 0 radical (unpaired) electrons. The summed E-state index contributed by atoms with van der Waals surface area (Å²) in [4.78, 5) is 2.51. The maximum Gasteiger partial charge on any atom is 0.00795 e. The summed E-state index contributed by atoms with van der Waals surface area (Å²) < 4.78 is 0. The van der Waals surface area contributed by atoms with E-state index < -0.39 is 0 Å². The quantitative estimate of drug-likeness (QED) is 0.740. The highest BCUT2D eigenvalue weighted by Crippen LogP contribution is 2.39. The molecular weight excluding hydrogens is 232 g/mol. The maximum absolute atomic E-state index is 6.36. The van der Waals surface area contributed by atoms with Crippen LogP contribution in [0.4, 0.5) is 0 Å². The van der Waals surface area contributed by atoms with E-state index >= 15 is 0 Å². The molecule has 0 spiro atoms. The van der Waals surface area contributed by atoms with E-state index in [4.69, 9.17) is 5.73 Å². The van der Waals surface area contributed by atoms with Gasteiger partial charge in [0.1, 0.15) is 0 Å². The molecule has 1 fully saturated rings. The third-order valence-corrected chi connectivity index (χ3v) is 4.96. The van der Waals surface area contributed by atoms with Crippen LogP contribution in [0.25, 0.3) is 0 Å². The summed E-state index contributed by atoms with van der Waals surface area (Å²) in [6.45, 7) is 11.9. The van der Waals surface area contributed by atoms with Gasteiger partial charge in [0.25, 0.3) is 0 Å². The Labute approximate surface area is 121 Å². The normalized spacial score (nSPS) is 28.9. The molecule has 0 aromatic carbocycles. The molecule has 3 unspecified atom stereocenters. The first-order valence-corrected chi connectivity index (χ1v) is 8.28. The van der Waals surface area contributed by atoms with E-state index in [0.717, 1.165) is 5.92 Å². The van der Waals surface area contributed by atoms with Gasteiger partial charge in [-0.1, -0.05) is 40.5 Å². The van der Waals surface area contributed by atoms with Gasteiger partial charge in [-0.25, -0.2) is 0 Å². The van der Waals surface area contributed by atoms with Crippen LogP contribution in [0.3, 0.4) is 0 Å². The predicted octanol–water partition coefficient (Wildman–Crippen LogP) is 3.90. The molecular formula is C17H36N2. The van der Waals surface area contributed by atoms with Crippen LogP contribution in [0.1, 0.15) is 66.2 Å². The van der Waals surface area contributed by atoms with Gasteiger partial charge >= 0.3 is 0 Å². The second-order valence-electron chi connectivity index (χ2n) is 7.77. The summed E-state index contributed by atoms with van der Waals surface area (Å²) in [5.74, 6) is 1.55. The van der Waals surface area contributed by atoms with Gasteiger partial charge in [0.05, 0.1) is 0 Å². The largest absolute Gasteiger partial charge is 0.327 e. The fourth-order valence-electron chi connectivity index (χ4n) is 3.41. The van der Waals surface area contributed by atoms with Crippen LogP contribution in [-0.4, -0.2) is 31.1 Å². The number of unbranched alkanes of at least 4 members (excludes halogenated alkanes) is 2. The fraction of sp³-hybridized carbons (Fsp3) is 1.00. The molecule has 0 aromatic heterocycles. The van der Waals surface area contributed by atoms with Crippen LogP contribution >= 0.6 is 0 Å². The highest BCUT2D eigenvalue weighted by molar-refractivity contribution is 4.88. The first kappa shape index (κ1) is 17.0. The topological polar surface area (TPSA) is 29.3 Å². The van der Waals surface area contributed by atoms with E-state index in [0.29, 0.717) is 17.4 Å². The SMILES string of the molecule is CCCCCN(C)CC1CC(C(C)(C)C)CCC1N. The van der Waals surface area contributed by atoms with E-state index in [9.17, 15) is 0 Å². The molecule has 1 aliphatic carbocycles. The zero-order chi connectivity index (χ0) is 14.5. The molecule has 2 heteroatoms. The summed E-state index contributed by atoms with van der Waals surface area (Å²) in [5.41, 5.74) is 6.80. The minimum Gasteiger partial charge on any atom is -0.327 e. The fourth-order valence-corrected chi connectivity index (χ4v) is 3.41. The number of nitrogens with two attached hydrogens (primary N) is 1. The summed E-state index contributed by atoms with van der Waals surface area (Å²) >= 11 is 0. The molecule has 0 heterocycles. The van der Waals surface area contributed by atoms with Crippen molar-refractivity contribution >= 4 is 0 Å². The molecule has 0 saturated heterocycles. The van der Waals surface area contributed by atoms with Gasteiger partial charge in [-0.3, -0.25) is 0 Å². The summed E-state index contributed by atoms with van der Waals surface area (Å²) in [6, 6.07) is 0.423. The number of hydrogen-bond donors (Lipinski definition) is 1. The Morgan fingerprint density at radius 1 is 1.16 bits per heavy atom. The molecule has 0 bridgehead atoms. The van der Waals surface area contributed by atoms with Crippen molar-refractivity contribution in [1.82, 2.24) is 4.90 Å². The highest BCUT2D eigenvalue weighted by Gasteiger charge is 2.34. The molecule has 3 atom stereocenters. The van der Waals surface area contributed by atoms with Gasteiger partial charge in [-0.05, 0) is 56.5 Å². The third kappa shape index (κ3) is 5.83. The van der Waals surface area contributed by atoms with Gasteiger partial charge in [-0.2, -0.15) is 0 Å². The van der Waals surface area contributed by atoms with Crippen molar-refractivity contribution in [1.29, 1.82) is 0 Å². The van der Waals surface area contributed by atoms with Crippen molar-refractivity contribution in [2.45, 2.75) is 72.3 Å². The number of hydrogen-bond acceptors (Lipinski definition) is 2. The van der Waals surface area contributed by atoms with Crippen LogP contribution in [0, 0.1) is 17.3 Å². The Hall–Kier alpha value is -0.0800. The van der Waals surface area contributed by atoms with Crippen LogP contribution in [-0.2, 0) is 0 Å². The van der Waals surface area contributed by atoms with Crippen LogP contribution < -0.4 is 5.73 Å². The van der Waals surface area contributed by atoms with E-state index in [1.54, 1.807) is 0 Å². The van der Waals surface area contributed by atoms with Gasteiger partial charge in [0, 0.05) is 12.6 Å². The number of rotatable bonds is 6. The first-order valence-electron chi connectivity index (χ1n) is 8.28. The van der Waals surface area contributed by atoms with E-state index in [-0.39, 0.29) is 0 Å². The monoisotopic (exact) mass is 268 g/mol. The molecule has 1 aliphatic rings. The minimum absolute atomic E-state index is 0.423. The second-order valence-corrected chi connectivity index (χ2v) is 7.77. The molecule has 1 rings (SSSR count). The molecule has 19 heavy (non-hydrogen) atoms. The van der Waals surface area contributed by atoms with Gasteiger partial charge in [0.2, 0.25) is 0 Å². The predicted molar refractivity (Wildman–Crippen MR) is 85.3 cm³/mol. The Kier molecular flexibility index (Phi) is 6.82. The first-order chi connectivity index (χ1) is 8.84. The average Bonchev–Trinajstić information content (AvgIpc) is 2.31. The maximum atomic E-state index is 6.36. The lowest BCUT2D eigenvalue weighted by atomic mass is 9.67. The van der Waals surface area contributed by atoms with Crippen LogP contribution in [0.2, 0.25) is 0 Å². The van der Waals surface area contributed by atoms with Crippen molar-refractivity contribution in [2.75, 3.05) is 20.1 Å². The molecule has 2 N–H and O–H groups in total. The molecule has 0 aromatic rings. The lowest BCUT2D eigenvalue weighted by Crippen LogP contribution is -2.44. The Morgan fingerprint density at radius 3 is 2.42 bits per heavy atom. The smallest absolute Gasteiger partial charge is 0.00795 e. The van der Waals surface area contributed by atoms with Crippen molar-refractivity contribution in [3.05, 3.63) is 0 Å².